The maximum atomic E-state index is 13.4. The molecule has 4 rings (SSSR count). The van der Waals surface area contributed by atoms with Gasteiger partial charge in [0.1, 0.15) is 22.6 Å². The van der Waals surface area contributed by atoms with Crippen molar-refractivity contribution in [3.05, 3.63) is 41.0 Å². The van der Waals surface area contributed by atoms with Crippen molar-refractivity contribution < 1.29 is 8.78 Å². The minimum absolute atomic E-state index is 0.331. The molecule has 0 atom stereocenters. The lowest BCUT2D eigenvalue weighted by Crippen LogP contribution is -2.33. The molecular formula is C18H18F2N4S. The smallest absolute Gasteiger partial charge is 0.163 e. The largest absolute Gasteiger partial charge is 0.383 e. The quantitative estimate of drug-likeness (QED) is 0.767. The van der Waals surface area contributed by atoms with E-state index in [-0.39, 0.29) is 5.82 Å². The third-order valence-corrected chi connectivity index (χ3v) is 5.47. The number of fused-ring (bicyclic) bond motifs is 1. The number of piperidine rings is 1. The first-order valence-electron chi connectivity index (χ1n) is 8.27. The molecule has 0 aliphatic carbocycles. The summed E-state index contributed by atoms with van der Waals surface area (Å²) in [6.07, 6.45) is 0.515. The van der Waals surface area contributed by atoms with E-state index in [4.69, 9.17) is 5.73 Å². The number of nitrogens with zero attached hydrogens (tertiary/aromatic N) is 3. The maximum absolute atomic E-state index is 13.4. The fourth-order valence-corrected chi connectivity index (χ4v) is 4.19. The van der Waals surface area contributed by atoms with Crippen LogP contribution in [0.1, 0.15) is 17.7 Å². The van der Waals surface area contributed by atoms with Gasteiger partial charge in [0.15, 0.2) is 5.82 Å². The highest BCUT2D eigenvalue weighted by Gasteiger charge is 2.19. The second-order valence-corrected chi connectivity index (χ2v) is 7.44. The average Bonchev–Trinajstić information content (AvgIpc) is 3.00. The molecule has 1 aliphatic heterocycles. The van der Waals surface area contributed by atoms with Gasteiger partial charge < -0.3 is 5.73 Å². The van der Waals surface area contributed by atoms with E-state index < -0.39 is 6.17 Å². The summed E-state index contributed by atoms with van der Waals surface area (Å²) in [5.74, 6) is 0.494. The number of thiophene rings is 1. The molecular weight excluding hydrogens is 342 g/mol. The second-order valence-electron chi connectivity index (χ2n) is 6.33. The first-order chi connectivity index (χ1) is 12.1. The van der Waals surface area contributed by atoms with Crippen LogP contribution in [0.2, 0.25) is 0 Å². The Morgan fingerprint density at radius 3 is 2.76 bits per heavy atom. The number of hydrogen-bond acceptors (Lipinski definition) is 5. The Labute approximate surface area is 148 Å². The first-order valence-corrected chi connectivity index (χ1v) is 9.08. The van der Waals surface area contributed by atoms with Gasteiger partial charge in [-0.05, 0) is 31.0 Å². The Morgan fingerprint density at radius 1 is 1.20 bits per heavy atom. The second kappa shape index (κ2) is 6.65. The molecule has 2 N–H and O–H groups in total. The lowest BCUT2D eigenvalue weighted by Gasteiger charge is -2.27. The molecule has 25 heavy (non-hydrogen) atoms. The standard InChI is InChI=1S/C18H18F2N4S/c19-12-4-6-24(7-5-12)10-14-9-15-16(21)22-17(23-18(15)25-14)11-2-1-3-13(20)8-11/h1-3,8-9,12H,4-7,10H2,(H2,21,22,23). The topological polar surface area (TPSA) is 55.0 Å². The summed E-state index contributed by atoms with van der Waals surface area (Å²) in [5, 5.41) is 0.820. The average molecular weight is 360 g/mol. The lowest BCUT2D eigenvalue weighted by atomic mass is 10.1. The Hall–Kier alpha value is -2.12. The van der Waals surface area contributed by atoms with Crippen molar-refractivity contribution in [2.75, 3.05) is 18.8 Å². The number of likely N-dealkylation sites (tertiary alicyclic amines) is 1. The van der Waals surface area contributed by atoms with Crippen LogP contribution in [0.15, 0.2) is 30.3 Å². The molecule has 0 unspecified atom stereocenters. The molecule has 0 saturated carbocycles. The van der Waals surface area contributed by atoms with Gasteiger partial charge >= 0.3 is 0 Å². The molecule has 0 amide bonds. The zero-order valence-electron chi connectivity index (χ0n) is 13.6. The Kier molecular flexibility index (Phi) is 4.35. The minimum Gasteiger partial charge on any atom is -0.383 e. The SMILES string of the molecule is Nc1nc(-c2cccc(F)c2)nc2sc(CN3CCC(F)CC3)cc12. The van der Waals surface area contributed by atoms with E-state index in [1.807, 2.05) is 6.07 Å². The fraction of sp³-hybridized carbons (Fsp3) is 0.333. The molecule has 0 bridgehead atoms. The van der Waals surface area contributed by atoms with Crippen molar-refractivity contribution in [3.8, 4) is 11.4 Å². The summed E-state index contributed by atoms with van der Waals surface area (Å²) in [7, 11) is 0. The number of aromatic nitrogens is 2. The zero-order chi connectivity index (χ0) is 17.4. The van der Waals surface area contributed by atoms with Crippen molar-refractivity contribution in [2.45, 2.75) is 25.6 Å². The van der Waals surface area contributed by atoms with Crippen LogP contribution in [0.4, 0.5) is 14.6 Å². The summed E-state index contributed by atoms with van der Waals surface area (Å²) >= 11 is 1.56. The van der Waals surface area contributed by atoms with E-state index in [1.54, 1.807) is 23.5 Å². The third-order valence-electron chi connectivity index (χ3n) is 4.45. The number of alkyl halides is 1. The number of benzene rings is 1. The highest BCUT2D eigenvalue weighted by Crippen LogP contribution is 2.31. The number of nitrogen functional groups attached to an aromatic ring is 1. The molecule has 1 saturated heterocycles. The molecule has 1 aromatic carbocycles. The monoisotopic (exact) mass is 360 g/mol. The molecule has 4 nitrogen and oxygen atoms in total. The molecule has 3 aromatic rings. The van der Waals surface area contributed by atoms with E-state index in [0.29, 0.717) is 30.0 Å². The van der Waals surface area contributed by atoms with Crippen LogP contribution in [-0.2, 0) is 6.54 Å². The number of nitrogens with two attached hydrogens (primary N) is 1. The van der Waals surface area contributed by atoms with Crippen molar-refractivity contribution >= 4 is 27.4 Å². The van der Waals surface area contributed by atoms with Crippen LogP contribution in [0.25, 0.3) is 21.6 Å². The molecule has 1 fully saturated rings. The summed E-state index contributed by atoms with van der Waals surface area (Å²) < 4.78 is 26.7. The van der Waals surface area contributed by atoms with Gasteiger partial charge in [-0.15, -0.1) is 11.3 Å². The zero-order valence-corrected chi connectivity index (χ0v) is 14.4. The number of rotatable bonds is 3. The lowest BCUT2D eigenvalue weighted by molar-refractivity contribution is 0.146. The van der Waals surface area contributed by atoms with Gasteiger partial charge in [-0.2, -0.15) is 0 Å². The minimum atomic E-state index is -0.672. The van der Waals surface area contributed by atoms with Gasteiger partial charge in [-0.1, -0.05) is 12.1 Å². The maximum Gasteiger partial charge on any atom is 0.163 e. The van der Waals surface area contributed by atoms with Crippen molar-refractivity contribution in [3.63, 3.8) is 0 Å². The molecule has 0 radical (unpaired) electrons. The molecule has 1 aliphatic rings. The normalized spacial score (nSPS) is 16.6. The molecule has 130 valence electrons. The van der Waals surface area contributed by atoms with Gasteiger partial charge in [-0.25, -0.2) is 18.7 Å². The van der Waals surface area contributed by atoms with Crippen molar-refractivity contribution in [1.82, 2.24) is 14.9 Å². The molecule has 7 heteroatoms. The van der Waals surface area contributed by atoms with Crippen LogP contribution in [0, 0.1) is 5.82 Å². The first kappa shape index (κ1) is 16.4. The van der Waals surface area contributed by atoms with Crippen LogP contribution >= 0.6 is 11.3 Å². The summed E-state index contributed by atoms with van der Waals surface area (Å²) in [5.41, 5.74) is 6.70. The highest BCUT2D eigenvalue weighted by molar-refractivity contribution is 7.18. The van der Waals surface area contributed by atoms with Crippen molar-refractivity contribution in [1.29, 1.82) is 0 Å². The van der Waals surface area contributed by atoms with Gasteiger partial charge in [0.25, 0.3) is 0 Å². The summed E-state index contributed by atoms with van der Waals surface area (Å²) in [6, 6.07) is 8.18. The van der Waals surface area contributed by atoms with Crippen molar-refractivity contribution in [2.24, 2.45) is 0 Å². The molecule has 3 heterocycles. The van der Waals surface area contributed by atoms with Gasteiger partial charge in [0.2, 0.25) is 0 Å². The molecule has 2 aromatic heterocycles. The Bertz CT molecular complexity index is 903. The van der Waals surface area contributed by atoms with E-state index >= 15 is 0 Å². The van der Waals surface area contributed by atoms with E-state index in [0.717, 1.165) is 34.7 Å². The Morgan fingerprint density at radius 2 is 2.00 bits per heavy atom. The van der Waals surface area contributed by atoms with Gasteiger partial charge in [0, 0.05) is 30.1 Å². The highest BCUT2D eigenvalue weighted by atomic mass is 32.1. The summed E-state index contributed by atoms with van der Waals surface area (Å²) in [4.78, 5) is 13.1. The van der Waals surface area contributed by atoms with E-state index in [9.17, 15) is 8.78 Å². The van der Waals surface area contributed by atoms with Gasteiger partial charge in [-0.3, -0.25) is 4.90 Å². The van der Waals surface area contributed by atoms with Crippen LogP contribution < -0.4 is 5.73 Å². The van der Waals surface area contributed by atoms with E-state index in [1.165, 1.54) is 12.1 Å². The number of anilines is 1. The fourth-order valence-electron chi connectivity index (χ4n) is 3.11. The predicted molar refractivity (Wildman–Crippen MR) is 96.6 cm³/mol. The predicted octanol–water partition coefficient (Wildman–Crippen LogP) is 4.01. The third kappa shape index (κ3) is 3.48. The molecule has 0 spiro atoms. The number of halogens is 2. The van der Waals surface area contributed by atoms with Crippen LogP contribution in [-0.4, -0.2) is 34.1 Å². The van der Waals surface area contributed by atoms with Crippen LogP contribution in [0.3, 0.4) is 0 Å². The van der Waals surface area contributed by atoms with Gasteiger partial charge in [0.05, 0.1) is 5.39 Å². The van der Waals surface area contributed by atoms with Crippen LogP contribution in [0.5, 0.6) is 0 Å². The Balaban J connectivity index is 1.63. The van der Waals surface area contributed by atoms with E-state index in [2.05, 4.69) is 14.9 Å². The number of hydrogen-bond donors (Lipinski definition) is 1. The summed E-state index contributed by atoms with van der Waals surface area (Å²) in [6.45, 7) is 2.30.